The molecule has 0 saturated heterocycles. The summed E-state index contributed by atoms with van der Waals surface area (Å²) in [6.45, 7) is 4.71. The zero-order valence-corrected chi connectivity index (χ0v) is 11.8. The lowest BCUT2D eigenvalue weighted by atomic mass is 10.2. The minimum atomic E-state index is -0.165. The molecule has 1 aromatic rings. The number of aryl methyl sites for hydroxylation is 2. The molecule has 0 saturated carbocycles. The van der Waals surface area contributed by atoms with Crippen LogP contribution in [0.25, 0.3) is 0 Å². The predicted molar refractivity (Wildman–Crippen MR) is 72.5 cm³/mol. The molecule has 0 aliphatic heterocycles. The molecule has 0 spiro atoms. The first-order chi connectivity index (χ1) is 8.32. The quantitative estimate of drug-likeness (QED) is 0.795. The Morgan fingerprint density at radius 1 is 1.56 bits per heavy atom. The normalized spacial score (nSPS) is 12.8. The zero-order chi connectivity index (χ0) is 13.9. The first-order valence-corrected chi connectivity index (χ1v) is 6.07. The van der Waals surface area contributed by atoms with Gasteiger partial charge < -0.3 is 16.0 Å². The Bertz CT molecular complexity index is 424. The number of aromatic nitrogens is 2. The van der Waals surface area contributed by atoms with Crippen molar-refractivity contribution in [3.05, 3.63) is 11.4 Å². The summed E-state index contributed by atoms with van der Waals surface area (Å²) in [5, 5.41) is 7.08. The third-order valence-corrected chi connectivity index (χ3v) is 2.87. The Labute approximate surface area is 108 Å². The van der Waals surface area contributed by atoms with Crippen molar-refractivity contribution in [1.29, 1.82) is 0 Å². The maximum absolute atomic E-state index is 12.1. The average Bonchev–Trinajstić information content (AvgIpc) is 2.50. The molecule has 1 aromatic heterocycles. The van der Waals surface area contributed by atoms with Crippen molar-refractivity contribution in [2.45, 2.75) is 26.3 Å². The van der Waals surface area contributed by atoms with Gasteiger partial charge >= 0.3 is 0 Å². The topological polar surface area (TPSA) is 76.2 Å². The SMILES string of the molecule is Cc1nn(C)c(C(=O)NC(C)CCN(C)C)c1N. The van der Waals surface area contributed by atoms with Crippen molar-refractivity contribution in [2.24, 2.45) is 7.05 Å². The van der Waals surface area contributed by atoms with Crippen LogP contribution in [0.3, 0.4) is 0 Å². The van der Waals surface area contributed by atoms with Crippen molar-refractivity contribution >= 4 is 11.6 Å². The van der Waals surface area contributed by atoms with Crippen LogP contribution in [0.4, 0.5) is 5.69 Å². The molecule has 0 aliphatic rings. The summed E-state index contributed by atoms with van der Waals surface area (Å²) in [4.78, 5) is 14.2. The van der Waals surface area contributed by atoms with Crippen molar-refractivity contribution in [2.75, 3.05) is 26.4 Å². The number of nitrogens with two attached hydrogens (primary N) is 1. The summed E-state index contributed by atoms with van der Waals surface area (Å²) in [6, 6.07) is 0.106. The number of carbonyl (C=O) groups is 1. The summed E-state index contributed by atoms with van der Waals surface area (Å²) >= 11 is 0. The molecule has 0 bridgehead atoms. The van der Waals surface area contributed by atoms with Crippen molar-refractivity contribution in [1.82, 2.24) is 20.0 Å². The van der Waals surface area contributed by atoms with E-state index in [-0.39, 0.29) is 11.9 Å². The molecule has 1 unspecified atom stereocenters. The Hall–Kier alpha value is -1.56. The van der Waals surface area contributed by atoms with Gasteiger partial charge in [-0.3, -0.25) is 9.48 Å². The molecule has 1 amide bonds. The van der Waals surface area contributed by atoms with Gasteiger partial charge in [0.15, 0.2) is 0 Å². The van der Waals surface area contributed by atoms with Gasteiger partial charge in [-0.2, -0.15) is 5.10 Å². The fraction of sp³-hybridized carbons (Fsp3) is 0.667. The lowest BCUT2D eigenvalue weighted by Crippen LogP contribution is -2.36. The molecule has 18 heavy (non-hydrogen) atoms. The van der Waals surface area contributed by atoms with Crippen LogP contribution in [0.5, 0.6) is 0 Å². The number of rotatable bonds is 5. The van der Waals surface area contributed by atoms with Gasteiger partial charge in [0.2, 0.25) is 0 Å². The highest BCUT2D eigenvalue weighted by atomic mass is 16.2. The third kappa shape index (κ3) is 3.46. The number of anilines is 1. The summed E-state index contributed by atoms with van der Waals surface area (Å²) in [5.41, 5.74) is 7.42. The number of nitrogen functional groups attached to an aromatic ring is 1. The second kappa shape index (κ2) is 5.86. The van der Waals surface area contributed by atoms with E-state index in [0.717, 1.165) is 13.0 Å². The number of hydrogen-bond acceptors (Lipinski definition) is 4. The van der Waals surface area contributed by atoms with Crippen LogP contribution in [-0.4, -0.2) is 47.3 Å². The molecular formula is C12H23N5O. The zero-order valence-electron chi connectivity index (χ0n) is 11.8. The molecule has 0 fully saturated rings. The van der Waals surface area contributed by atoms with E-state index in [0.29, 0.717) is 17.1 Å². The number of nitrogens with zero attached hydrogens (tertiary/aromatic N) is 3. The van der Waals surface area contributed by atoms with Crippen LogP contribution in [0, 0.1) is 6.92 Å². The molecule has 1 heterocycles. The number of carbonyl (C=O) groups excluding carboxylic acids is 1. The molecule has 6 heteroatoms. The fourth-order valence-corrected chi connectivity index (χ4v) is 1.76. The van der Waals surface area contributed by atoms with Gasteiger partial charge in [0.25, 0.3) is 5.91 Å². The summed E-state index contributed by atoms with van der Waals surface area (Å²) in [7, 11) is 5.75. The highest BCUT2D eigenvalue weighted by Gasteiger charge is 2.19. The van der Waals surface area contributed by atoms with Gasteiger partial charge in [0, 0.05) is 13.1 Å². The van der Waals surface area contributed by atoms with Gasteiger partial charge in [-0.25, -0.2) is 0 Å². The maximum atomic E-state index is 12.1. The Balaban J connectivity index is 2.65. The van der Waals surface area contributed by atoms with Crippen LogP contribution < -0.4 is 11.1 Å². The van der Waals surface area contributed by atoms with Crippen LogP contribution in [0.15, 0.2) is 0 Å². The summed E-state index contributed by atoms with van der Waals surface area (Å²) < 4.78 is 1.53. The smallest absolute Gasteiger partial charge is 0.271 e. The lowest BCUT2D eigenvalue weighted by Gasteiger charge is -2.16. The van der Waals surface area contributed by atoms with E-state index in [1.807, 2.05) is 21.0 Å². The second-order valence-electron chi connectivity index (χ2n) is 4.94. The van der Waals surface area contributed by atoms with E-state index in [1.54, 1.807) is 14.0 Å². The molecule has 0 aliphatic carbocycles. The highest BCUT2D eigenvalue weighted by molar-refractivity contribution is 5.98. The van der Waals surface area contributed by atoms with Gasteiger partial charge in [0.1, 0.15) is 5.69 Å². The van der Waals surface area contributed by atoms with E-state index < -0.39 is 0 Å². The monoisotopic (exact) mass is 253 g/mol. The first kappa shape index (κ1) is 14.5. The Morgan fingerprint density at radius 2 is 2.17 bits per heavy atom. The minimum Gasteiger partial charge on any atom is -0.395 e. The van der Waals surface area contributed by atoms with Gasteiger partial charge in [0.05, 0.1) is 11.4 Å². The molecule has 3 N–H and O–H groups in total. The molecule has 6 nitrogen and oxygen atoms in total. The number of amides is 1. The van der Waals surface area contributed by atoms with Crippen molar-refractivity contribution < 1.29 is 4.79 Å². The first-order valence-electron chi connectivity index (χ1n) is 6.07. The van der Waals surface area contributed by atoms with Crippen LogP contribution >= 0.6 is 0 Å². The Morgan fingerprint density at radius 3 is 2.61 bits per heavy atom. The molecule has 102 valence electrons. The van der Waals surface area contributed by atoms with E-state index in [9.17, 15) is 4.79 Å². The lowest BCUT2D eigenvalue weighted by molar-refractivity contribution is 0.0928. The van der Waals surface area contributed by atoms with Gasteiger partial charge in [-0.1, -0.05) is 0 Å². The summed E-state index contributed by atoms with van der Waals surface area (Å²) in [5.74, 6) is -0.165. The predicted octanol–water partition coefficient (Wildman–Crippen LogP) is 0.381. The maximum Gasteiger partial charge on any atom is 0.271 e. The second-order valence-corrected chi connectivity index (χ2v) is 4.94. The number of hydrogen-bond donors (Lipinski definition) is 2. The van der Waals surface area contributed by atoms with Gasteiger partial charge in [-0.05, 0) is 40.9 Å². The van der Waals surface area contributed by atoms with E-state index in [2.05, 4.69) is 15.3 Å². The molecule has 0 radical (unpaired) electrons. The van der Waals surface area contributed by atoms with Crippen LogP contribution in [0.1, 0.15) is 29.5 Å². The average molecular weight is 253 g/mol. The number of nitrogens with one attached hydrogen (secondary N) is 1. The molecular weight excluding hydrogens is 230 g/mol. The van der Waals surface area contributed by atoms with Crippen molar-refractivity contribution in [3.8, 4) is 0 Å². The standard InChI is InChI=1S/C12H23N5O/c1-8(6-7-16(3)4)14-12(18)11-10(13)9(2)15-17(11)5/h8H,6-7,13H2,1-5H3,(H,14,18). The third-order valence-electron chi connectivity index (χ3n) is 2.87. The van der Waals surface area contributed by atoms with Gasteiger partial charge in [-0.15, -0.1) is 0 Å². The Kier molecular flexibility index (Phi) is 4.72. The molecule has 1 atom stereocenters. The molecule has 1 rings (SSSR count). The van der Waals surface area contributed by atoms with E-state index in [4.69, 9.17) is 5.73 Å². The largest absolute Gasteiger partial charge is 0.395 e. The van der Waals surface area contributed by atoms with Crippen LogP contribution in [0.2, 0.25) is 0 Å². The van der Waals surface area contributed by atoms with E-state index >= 15 is 0 Å². The minimum absolute atomic E-state index is 0.106. The fourth-order valence-electron chi connectivity index (χ4n) is 1.76. The molecule has 0 aromatic carbocycles. The highest BCUT2D eigenvalue weighted by Crippen LogP contribution is 2.15. The van der Waals surface area contributed by atoms with Crippen molar-refractivity contribution in [3.63, 3.8) is 0 Å². The van der Waals surface area contributed by atoms with Crippen LogP contribution in [-0.2, 0) is 7.05 Å². The van der Waals surface area contributed by atoms with E-state index in [1.165, 1.54) is 4.68 Å². The summed E-state index contributed by atoms with van der Waals surface area (Å²) in [6.07, 6.45) is 0.898.